The molecule has 32 heavy (non-hydrogen) atoms. The molecule has 164 valence electrons. The van der Waals surface area contributed by atoms with E-state index >= 15 is 0 Å². The van der Waals surface area contributed by atoms with Gasteiger partial charge in [-0.2, -0.15) is 0 Å². The molecular weight excluding hydrogens is 457 g/mol. The van der Waals surface area contributed by atoms with E-state index in [1.165, 1.54) is 24.7 Å². The van der Waals surface area contributed by atoms with Crippen LogP contribution in [-0.2, 0) is 11.2 Å². The number of carboxylic acid groups (broad SMARTS) is 1. The lowest BCUT2D eigenvalue weighted by Gasteiger charge is -2.16. The van der Waals surface area contributed by atoms with E-state index in [1.807, 2.05) is 0 Å². The molecule has 3 aromatic rings. The fourth-order valence-corrected chi connectivity index (χ4v) is 3.39. The van der Waals surface area contributed by atoms with Crippen LogP contribution in [0.2, 0.25) is 10.0 Å². The highest BCUT2D eigenvalue weighted by Crippen LogP contribution is 2.24. The first-order chi connectivity index (χ1) is 15.3. The monoisotopic (exact) mass is 473 g/mol. The minimum absolute atomic E-state index is 0.00313. The first-order valence-corrected chi connectivity index (χ1v) is 9.95. The van der Waals surface area contributed by atoms with E-state index in [1.54, 1.807) is 30.3 Å². The van der Waals surface area contributed by atoms with Gasteiger partial charge in [0, 0.05) is 18.3 Å². The van der Waals surface area contributed by atoms with Crippen molar-refractivity contribution >= 4 is 52.5 Å². The maximum atomic E-state index is 12.5. The van der Waals surface area contributed by atoms with E-state index in [0.29, 0.717) is 11.3 Å². The lowest BCUT2D eigenvalue weighted by atomic mass is 10.0. The van der Waals surface area contributed by atoms with Crippen molar-refractivity contribution < 1.29 is 19.5 Å². The molecule has 0 bridgehead atoms. The molecule has 0 spiro atoms. The van der Waals surface area contributed by atoms with E-state index in [9.17, 15) is 19.5 Å². The third-order valence-electron chi connectivity index (χ3n) is 4.43. The van der Waals surface area contributed by atoms with Crippen LogP contribution in [0.1, 0.15) is 26.3 Å². The number of aromatic nitrogens is 2. The van der Waals surface area contributed by atoms with Crippen LogP contribution in [0.15, 0.2) is 55.0 Å². The minimum atomic E-state index is -1.23. The Bertz CT molecular complexity index is 1150. The van der Waals surface area contributed by atoms with Gasteiger partial charge >= 0.3 is 5.97 Å². The van der Waals surface area contributed by atoms with Gasteiger partial charge in [-0.3, -0.25) is 9.59 Å². The number of benzene rings is 2. The molecule has 9 nitrogen and oxygen atoms in total. The SMILES string of the molecule is Nc1ncncc1C(=O)Nc1ccc(C[C@H](NC(=O)c2c(Cl)cccc2Cl)C(=O)O)cc1. The van der Waals surface area contributed by atoms with Gasteiger partial charge in [0.05, 0.1) is 15.6 Å². The van der Waals surface area contributed by atoms with Gasteiger partial charge in [0.1, 0.15) is 23.8 Å². The molecule has 0 unspecified atom stereocenters. The molecule has 2 amide bonds. The van der Waals surface area contributed by atoms with Crippen LogP contribution in [0.4, 0.5) is 11.5 Å². The molecule has 2 aromatic carbocycles. The van der Waals surface area contributed by atoms with Gasteiger partial charge in [-0.15, -0.1) is 0 Å². The molecule has 0 aliphatic heterocycles. The molecule has 1 aromatic heterocycles. The molecule has 5 N–H and O–H groups in total. The van der Waals surface area contributed by atoms with Gasteiger partial charge in [0.25, 0.3) is 11.8 Å². The summed E-state index contributed by atoms with van der Waals surface area (Å²) in [6.45, 7) is 0. The van der Waals surface area contributed by atoms with Crippen LogP contribution in [0.3, 0.4) is 0 Å². The summed E-state index contributed by atoms with van der Waals surface area (Å²) < 4.78 is 0. The summed E-state index contributed by atoms with van der Waals surface area (Å²) in [6.07, 6.45) is 2.53. The summed E-state index contributed by atoms with van der Waals surface area (Å²) in [6, 6.07) is 9.78. The normalized spacial score (nSPS) is 11.4. The van der Waals surface area contributed by atoms with E-state index in [2.05, 4.69) is 20.6 Å². The third-order valence-corrected chi connectivity index (χ3v) is 5.06. The molecule has 0 fully saturated rings. The molecule has 11 heteroatoms. The van der Waals surface area contributed by atoms with Crippen molar-refractivity contribution in [2.45, 2.75) is 12.5 Å². The fourth-order valence-electron chi connectivity index (χ4n) is 2.82. The van der Waals surface area contributed by atoms with Crippen LogP contribution in [0.5, 0.6) is 0 Å². The lowest BCUT2D eigenvalue weighted by molar-refractivity contribution is -0.139. The number of rotatable bonds is 7. The molecular formula is C21H17Cl2N5O4. The number of hydrogen-bond acceptors (Lipinski definition) is 6. The molecule has 3 rings (SSSR count). The van der Waals surface area contributed by atoms with E-state index in [-0.39, 0.29) is 33.4 Å². The van der Waals surface area contributed by atoms with Crippen molar-refractivity contribution in [3.8, 4) is 0 Å². The molecule has 0 saturated carbocycles. The van der Waals surface area contributed by atoms with Gasteiger partial charge in [0.2, 0.25) is 0 Å². The highest BCUT2D eigenvalue weighted by atomic mass is 35.5. The van der Waals surface area contributed by atoms with Crippen LogP contribution in [0, 0.1) is 0 Å². The Hall–Kier alpha value is -3.69. The van der Waals surface area contributed by atoms with Gasteiger partial charge < -0.3 is 21.5 Å². The Labute approximate surface area is 192 Å². The Balaban J connectivity index is 1.68. The number of nitrogen functional groups attached to an aromatic ring is 1. The number of hydrogen-bond donors (Lipinski definition) is 4. The Kier molecular flexibility index (Phi) is 7.24. The maximum absolute atomic E-state index is 12.5. The summed E-state index contributed by atoms with van der Waals surface area (Å²) in [7, 11) is 0. The minimum Gasteiger partial charge on any atom is -0.480 e. The van der Waals surface area contributed by atoms with Gasteiger partial charge in [-0.05, 0) is 29.8 Å². The number of nitrogens with one attached hydrogen (secondary N) is 2. The zero-order chi connectivity index (χ0) is 23.3. The number of nitrogens with zero attached hydrogens (tertiary/aromatic N) is 2. The number of carbonyl (C=O) groups is 3. The maximum Gasteiger partial charge on any atom is 0.326 e. The third kappa shape index (κ3) is 5.51. The molecule has 1 heterocycles. The summed E-state index contributed by atoms with van der Waals surface area (Å²) in [5, 5.41) is 14.8. The topological polar surface area (TPSA) is 147 Å². The fraction of sp³-hybridized carbons (Fsp3) is 0.0952. The first kappa shape index (κ1) is 23.0. The molecule has 0 radical (unpaired) electrons. The Morgan fingerprint density at radius 3 is 2.28 bits per heavy atom. The molecule has 0 aliphatic rings. The van der Waals surface area contributed by atoms with Crippen molar-refractivity contribution in [1.82, 2.24) is 15.3 Å². The van der Waals surface area contributed by atoms with Gasteiger partial charge in [-0.1, -0.05) is 41.4 Å². The second-order valence-electron chi connectivity index (χ2n) is 6.64. The largest absolute Gasteiger partial charge is 0.480 e. The van der Waals surface area contributed by atoms with E-state index < -0.39 is 23.8 Å². The van der Waals surface area contributed by atoms with Crippen LogP contribution >= 0.6 is 23.2 Å². The van der Waals surface area contributed by atoms with Crippen molar-refractivity contribution in [2.24, 2.45) is 0 Å². The van der Waals surface area contributed by atoms with Crippen molar-refractivity contribution in [3.05, 3.63) is 81.7 Å². The van der Waals surface area contributed by atoms with Crippen molar-refractivity contribution in [2.75, 3.05) is 11.1 Å². The van der Waals surface area contributed by atoms with Crippen molar-refractivity contribution in [1.29, 1.82) is 0 Å². The predicted molar refractivity (Wildman–Crippen MR) is 120 cm³/mol. The summed E-state index contributed by atoms with van der Waals surface area (Å²) in [4.78, 5) is 44.0. The molecule has 0 aliphatic carbocycles. The lowest BCUT2D eigenvalue weighted by Crippen LogP contribution is -2.42. The van der Waals surface area contributed by atoms with E-state index in [4.69, 9.17) is 28.9 Å². The standard InChI is InChI=1S/C21H17Cl2N5O4/c22-14-2-1-3-15(23)17(14)20(30)28-16(21(31)32)8-11-4-6-12(7-5-11)27-19(29)13-9-25-10-26-18(13)24/h1-7,9-10,16H,8H2,(H,27,29)(H,28,30)(H,31,32)(H2,24,25,26)/t16-/m0/s1. The van der Waals surface area contributed by atoms with Crippen LogP contribution in [-0.4, -0.2) is 38.9 Å². The number of halogens is 2. The summed E-state index contributed by atoms with van der Waals surface area (Å²) in [5.74, 6) is -2.35. The average molecular weight is 474 g/mol. The predicted octanol–water partition coefficient (Wildman–Crippen LogP) is 3.04. The first-order valence-electron chi connectivity index (χ1n) is 9.19. The zero-order valence-electron chi connectivity index (χ0n) is 16.4. The number of aliphatic carboxylic acids is 1. The van der Waals surface area contributed by atoms with Crippen LogP contribution in [0.25, 0.3) is 0 Å². The Morgan fingerprint density at radius 1 is 1.03 bits per heavy atom. The quantitative estimate of drug-likeness (QED) is 0.412. The summed E-state index contributed by atoms with van der Waals surface area (Å²) >= 11 is 12.0. The Morgan fingerprint density at radius 2 is 1.69 bits per heavy atom. The number of nitrogens with two attached hydrogens (primary N) is 1. The van der Waals surface area contributed by atoms with Gasteiger partial charge in [-0.25, -0.2) is 14.8 Å². The van der Waals surface area contributed by atoms with Crippen LogP contribution < -0.4 is 16.4 Å². The number of amides is 2. The highest BCUT2D eigenvalue weighted by Gasteiger charge is 2.24. The number of carbonyl (C=O) groups excluding carboxylic acids is 2. The zero-order valence-corrected chi connectivity index (χ0v) is 17.9. The van der Waals surface area contributed by atoms with Crippen molar-refractivity contribution in [3.63, 3.8) is 0 Å². The van der Waals surface area contributed by atoms with E-state index in [0.717, 1.165) is 0 Å². The number of anilines is 2. The number of carboxylic acids is 1. The highest BCUT2D eigenvalue weighted by molar-refractivity contribution is 6.39. The smallest absolute Gasteiger partial charge is 0.326 e. The molecule has 1 atom stereocenters. The average Bonchev–Trinajstić information content (AvgIpc) is 2.74. The second kappa shape index (κ2) is 10.1. The molecule has 0 saturated heterocycles. The second-order valence-corrected chi connectivity index (χ2v) is 7.45. The summed E-state index contributed by atoms with van der Waals surface area (Å²) in [5.41, 5.74) is 6.87. The van der Waals surface area contributed by atoms with Gasteiger partial charge in [0.15, 0.2) is 0 Å².